The fraction of sp³-hybridized carbons (Fsp3) is 0.368. The van der Waals surface area contributed by atoms with Crippen molar-refractivity contribution >= 4 is 23.5 Å². The van der Waals surface area contributed by atoms with Crippen LogP contribution in [0.1, 0.15) is 37.1 Å². The van der Waals surface area contributed by atoms with Crippen LogP contribution >= 0.6 is 23.5 Å². The average Bonchev–Trinajstić information content (AvgIpc) is 2.54. The minimum Gasteiger partial charge on any atom is -0.207 e. The molecule has 0 N–H and O–H groups in total. The van der Waals surface area contributed by atoms with E-state index in [0.717, 1.165) is 28.4 Å². The summed E-state index contributed by atoms with van der Waals surface area (Å²) in [5.41, 5.74) is 1.88. The Kier molecular flexibility index (Phi) is 10.0. The van der Waals surface area contributed by atoms with Crippen molar-refractivity contribution in [3.63, 3.8) is 0 Å². The highest BCUT2D eigenvalue weighted by atomic mass is 32.2. The molecule has 1 atom stereocenters. The Morgan fingerprint density at radius 1 is 0.957 bits per heavy atom. The Morgan fingerprint density at radius 3 is 2.30 bits per heavy atom. The molecule has 0 amide bonds. The lowest BCUT2D eigenvalue weighted by molar-refractivity contribution is 0.611. The predicted molar refractivity (Wildman–Crippen MR) is 101 cm³/mol. The molecule has 0 aliphatic heterocycles. The van der Waals surface area contributed by atoms with Gasteiger partial charge in [0, 0.05) is 16.6 Å². The van der Waals surface area contributed by atoms with E-state index in [2.05, 4.69) is 13.8 Å². The number of halogens is 2. The van der Waals surface area contributed by atoms with Crippen molar-refractivity contribution in [1.82, 2.24) is 0 Å². The largest absolute Gasteiger partial charge is 0.207 e. The van der Waals surface area contributed by atoms with Crippen LogP contribution in [-0.2, 0) is 5.75 Å². The van der Waals surface area contributed by atoms with Gasteiger partial charge in [-0.15, -0.1) is 0 Å². The molecule has 0 saturated carbocycles. The summed E-state index contributed by atoms with van der Waals surface area (Å²) in [6, 6.07) is 13.7. The first kappa shape index (κ1) is 20.0. The van der Waals surface area contributed by atoms with E-state index in [1.165, 1.54) is 12.1 Å². The molecule has 2 aromatic carbocycles. The van der Waals surface area contributed by atoms with E-state index in [4.69, 9.17) is 0 Å². The zero-order valence-electron chi connectivity index (χ0n) is 13.9. The molecule has 0 fully saturated rings. The van der Waals surface area contributed by atoms with Gasteiger partial charge < -0.3 is 0 Å². The summed E-state index contributed by atoms with van der Waals surface area (Å²) in [6.07, 6.45) is 0. The van der Waals surface area contributed by atoms with Gasteiger partial charge in [0.05, 0.1) is 0 Å². The van der Waals surface area contributed by atoms with Gasteiger partial charge in [0.2, 0.25) is 0 Å². The zero-order valence-corrected chi connectivity index (χ0v) is 15.5. The summed E-state index contributed by atoms with van der Waals surface area (Å²) in [5.74, 6) is 2.78. The van der Waals surface area contributed by atoms with Gasteiger partial charge in [0.15, 0.2) is 0 Å². The van der Waals surface area contributed by atoms with Crippen LogP contribution in [0, 0.1) is 11.6 Å². The number of hydrogen-bond donors (Lipinski definition) is 0. The van der Waals surface area contributed by atoms with Crippen LogP contribution in [0.25, 0.3) is 0 Å². The topological polar surface area (TPSA) is 0 Å². The van der Waals surface area contributed by atoms with Crippen molar-refractivity contribution < 1.29 is 8.78 Å². The predicted octanol–water partition coefficient (Wildman–Crippen LogP) is 6.72. The van der Waals surface area contributed by atoms with Crippen LogP contribution in [0.5, 0.6) is 0 Å². The Balaban J connectivity index is 0.000000231. The number of rotatable bonds is 6. The molecule has 0 spiro atoms. The molecular formula is C19H24F2S2. The molecule has 4 heteroatoms. The normalized spacial score (nSPS) is 11.5. The van der Waals surface area contributed by atoms with E-state index in [1.807, 2.05) is 25.1 Å². The Labute approximate surface area is 147 Å². The molecule has 0 aromatic heterocycles. The van der Waals surface area contributed by atoms with Crippen LogP contribution in [-0.4, -0.2) is 11.5 Å². The van der Waals surface area contributed by atoms with Gasteiger partial charge >= 0.3 is 0 Å². The third kappa shape index (κ3) is 7.89. The van der Waals surface area contributed by atoms with E-state index in [9.17, 15) is 8.78 Å². The smallest absolute Gasteiger partial charge is 0.127 e. The number of benzene rings is 2. The van der Waals surface area contributed by atoms with Crippen LogP contribution in [0.4, 0.5) is 8.78 Å². The van der Waals surface area contributed by atoms with Gasteiger partial charge in [0.25, 0.3) is 0 Å². The van der Waals surface area contributed by atoms with Crippen molar-refractivity contribution in [1.29, 1.82) is 0 Å². The Morgan fingerprint density at radius 2 is 1.70 bits per heavy atom. The Hall–Kier alpha value is -1.00. The van der Waals surface area contributed by atoms with Crippen molar-refractivity contribution in [2.45, 2.75) is 31.8 Å². The van der Waals surface area contributed by atoms with Crippen molar-refractivity contribution in [2.75, 3.05) is 11.5 Å². The lowest BCUT2D eigenvalue weighted by Crippen LogP contribution is -1.92. The minimum atomic E-state index is -0.140. The van der Waals surface area contributed by atoms with Gasteiger partial charge in [-0.3, -0.25) is 0 Å². The van der Waals surface area contributed by atoms with E-state index in [-0.39, 0.29) is 16.9 Å². The maximum atomic E-state index is 13.2. The van der Waals surface area contributed by atoms with Gasteiger partial charge in [-0.25, -0.2) is 8.78 Å². The van der Waals surface area contributed by atoms with Crippen molar-refractivity contribution in [3.8, 4) is 0 Å². The van der Waals surface area contributed by atoms with Gasteiger partial charge in [-0.2, -0.15) is 23.5 Å². The highest BCUT2D eigenvalue weighted by Gasteiger charge is 2.08. The highest BCUT2D eigenvalue weighted by molar-refractivity contribution is 7.99. The van der Waals surface area contributed by atoms with E-state index >= 15 is 0 Å². The molecule has 0 aliphatic rings. The van der Waals surface area contributed by atoms with Crippen molar-refractivity contribution in [2.24, 2.45) is 0 Å². The molecule has 0 aliphatic carbocycles. The van der Waals surface area contributed by atoms with Gasteiger partial charge in [-0.1, -0.05) is 44.2 Å². The molecule has 0 saturated heterocycles. The molecular weight excluding hydrogens is 330 g/mol. The van der Waals surface area contributed by atoms with Crippen LogP contribution < -0.4 is 0 Å². The van der Waals surface area contributed by atoms with Gasteiger partial charge in [0.1, 0.15) is 11.6 Å². The summed E-state index contributed by atoms with van der Waals surface area (Å²) in [6.45, 7) is 6.22. The molecule has 0 bridgehead atoms. The first-order chi connectivity index (χ1) is 11.1. The van der Waals surface area contributed by atoms with Crippen LogP contribution in [0.2, 0.25) is 0 Å². The maximum absolute atomic E-state index is 13.2. The highest BCUT2D eigenvalue weighted by Crippen LogP contribution is 2.29. The quantitative estimate of drug-likeness (QED) is 0.565. The molecule has 2 rings (SSSR count). The van der Waals surface area contributed by atoms with E-state index in [0.29, 0.717) is 0 Å². The molecule has 126 valence electrons. The second-order valence-electron chi connectivity index (χ2n) is 4.89. The third-order valence-electron chi connectivity index (χ3n) is 3.12. The minimum absolute atomic E-state index is 0.0917. The van der Waals surface area contributed by atoms with E-state index in [1.54, 1.807) is 41.7 Å². The molecule has 2 aromatic rings. The van der Waals surface area contributed by atoms with E-state index < -0.39 is 0 Å². The van der Waals surface area contributed by atoms with Crippen LogP contribution in [0.3, 0.4) is 0 Å². The molecule has 23 heavy (non-hydrogen) atoms. The lowest BCUT2D eigenvalue weighted by Gasteiger charge is -2.10. The lowest BCUT2D eigenvalue weighted by atomic mass is 10.1. The summed E-state index contributed by atoms with van der Waals surface area (Å²) < 4.78 is 25.7. The molecule has 0 radical (unpaired) electrons. The standard InChI is InChI=1S/C10H13FS.C9H11FS/c1-3-12-8(2)9-6-4-5-7-10(9)11;1-2-11-7-8-4-3-5-9(10)6-8/h4-8H,3H2,1-2H3;3-6H,2,7H2,1H3. The summed E-state index contributed by atoms with van der Waals surface area (Å²) in [4.78, 5) is 0. The fourth-order valence-corrected chi connectivity index (χ4v) is 3.48. The monoisotopic (exact) mass is 354 g/mol. The molecule has 0 nitrogen and oxygen atoms in total. The maximum Gasteiger partial charge on any atom is 0.127 e. The van der Waals surface area contributed by atoms with Crippen LogP contribution in [0.15, 0.2) is 48.5 Å². The number of hydrogen-bond acceptors (Lipinski definition) is 2. The molecule has 1 unspecified atom stereocenters. The van der Waals surface area contributed by atoms with Crippen molar-refractivity contribution in [3.05, 3.63) is 71.3 Å². The fourth-order valence-electron chi connectivity index (χ4n) is 1.99. The SMILES string of the molecule is CCSC(C)c1ccccc1F.CCSCc1cccc(F)c1. The number of thioether (sulfide) groups is 2. The second kappa shape index (κ2) is 11.5. The Bertz CT molecular complexity index is 573. The summed E-state index contributed by atoms with van der Waals surface area (Å²) >= 11 is 3.56. The van der Waals surface area contributed by atoms with Gasteiger partial charge in [-0.05, 0) is 42.2 Å². The first-order valence-electron chi connectivity index (χ1n) is 7.76. The third-order valence-corrected chi connectivity index (χ3v) is 5.15. The summed E-state index contributed by atoms with van der Waals surface area (Å²) in [7, 11) is 0. The second-order valence-corrected chi connectivity index (χ2v) is 7.78. The first-order valence-corrected chi connectivity index (χ1v) is 9.97. The summed E-state index contributed by atoms with van der Waals surface area (Å²) in [5, 5.41) is 0.260. The average molecular weight is 355 g/mol. The zero-order chi connectivity index (χ0) is 17.1. The molecule has 0 heterocycles.